The van der Waals surface area contributed by atoms with Gasteiger partial charge in [0, 0.05) is 12.6 Å². The smallest absolute Gasteiger partial charge is 0.410 e. The van der Waals surface area contributed by atoms with E-state index in [-0.39, 0.29) is 12.1 Å². The maximum Gasteiger partial charge on any atom is 0.410 e. The van der Waals surface area contributed by atoms with E-state index in [1.54, 1.807) is 17.2 Å². The summed E-state index contributed by atoms with van der Waals surface area (Å²) in [6, 6.07) is 8.34. The first kappa shape index (κ1) is 17.5. The lowest BCUT2D eigenvalue weighted by molar-refractivity contribution is 0.00995. The van der Waals surface area contributed by atoms with Crippen LogP contribution in [0.15, 0.2) is 36.7 Å². The molecule has 2 heterocycles. The van der Waals surface area contributed by atoms with Crippen molar-refractivity contribution in [3.63, 3.8) is 0 Å². The van der Waals surface area contributed by atoms with Crippen molar-refractivity contribution in [1.29, 1.82) is 0 Å². The summed E-state index contributed by atoms with van der Waals surface area (Å²) in [5, 5.41) is 8.36. The fraction of sp³-hybridized carbons (Fsp3) is 0.526. The third-order valence-electron chi connectivity index (χ3n) is 4.29. The number of nitrogens with zero attached hydrogens (tertiary/aromatic N) is 4. The number of hydrogen-bond acceptors (Lipinski definition) is 4. The molecule has 0 spiro atoms. The Morgan fingerprint density at radius 1 is 1.24 bits per heavy atom. The second-order valence-corrected chi connectivity index (χ2v) is 7.52. The summed E-state index contributed by atoms with van der Waals surface area (Å²) in [5.41, 5.74) is 1.64. The van der Waals surface area contributed by atoms with Gasteiger partial charge in [0.05, 0.1) is 18.1 Å². The number of aromatic nitrogens is 3. The van der Waals surface area contributed by atoms with Crippen LogP contribution in [0.1, 0.15) is 45.6 Å². The molecular weight excluding hydrogens is 316 g/mol. The van der Waals surface area contributed by atoms with Gasteiger partial charge in [-0.05, 0) is 64.2 Å². The van der Waals surface area contributed by atoms with Gasteiger partial charge in [-0.3, -0.25) is 0 Å². The van der Waals surface area contributed by atoms with Crippen LogP contribution in [0.2, 0.25) is 0 Å². The SMILES string of the molecule is CC(C)(C)OC(=O)N1CCCC[C@H]1Cc1cccc(-n2nccn2)c1. The molecular formula is C19H26N4O2. The number of hydrogen-bond donors (Lipinski definition) is 0. The van der Waals surface area contributed by atoms with E-state index < -0.39 is 5.60 Å². The molecule has 0 radical (unpaired) electrons. The summed E-state index contributed by atoms with van der Waals surface area (Å²) < 4.78 is 5.59. The van der Waals surface area contributed by atoms with Crippen molar-refractivity contribution in [3.8, 4) is 5.69 Å². The number of amides is 1. The van der Waals surface area contributed by atoms with Gasteiger partial charge < -0.3 is 9.64 Å². The zero-order valence-electron chi connectivity index (χ0n) is 15.2. The lowest BCUT2D eigenvalue weighted by Gasteiger charge is -2.37. The molecule has 1 amide bonds. The molecule has 1 aromatic carbocycles. The maximum atomic E-state index is 12.5. The van der Waals surface area contributed by atoms with E-state index in [0.717, 1.165) is 37.9 Å². The highest BCUT2D eigenvalue weighted by atomic mass is 16.6. The fourth-order valence-electron chi connectivity index (χ4n) is 3.20. The van der Waals surface area contributed by atoms with Crippen LogP contribution in [0.25, 0.3) is 5.69 Å². The molecule has 0 bridgehead atoms. The predicted molar refractivity (Wildman–Crippen MR) is 95.6 cm³/mol. The highest BCUT2D eigenvalue weighted by Crippen LogP contribution is 2.24. The molecule has 0 N–H and O–H groups in total. The summed E-state index contributed by atoms with van der Waals surface area (Å²) in [5.74, 6) is 0. The van der Waals surface area contributed by atoms with E-state index in [1.165, 1.54) is 5.56 Å². The van der Waals surface area contributed by atoms with Crippen molar-refractivity contribution in [1.82, 2.24) is 19.9 Å². The van der Waals surface area contributed by atoms with Crippen molar-refractivity contribution in [2.45, 2.75) is 58.1 Å². The van der Waals surface area contributed by atoms with Gasteiger partial charge in [-0.1, -0.05) is 12.1 Å². The van der Waals surface area contributed by atoms with Crippen LogP contribution >= 0.6 is 0 Å². The van der Waals surface area contributed by atoms with Crippen LogP contribution in [0, 0.1) is 0 Å². The van der Waals surface area contributed by atoms with Crippen molar-refractivity contribution < 1.29 is 9.53 Å². The van der Waals surface area contributed by atoms with E-state index in [4.69, 9.17) is 4.74 Å². The van der Waals surface area contributed by atoms with Crippen LogP contribution in [0.5, 0.6) is 0 Å². The van der Waals surface area contributed by atoms with Gasteiger partial charge in [0.2, 0.25) is 0 Å². The molecule has 1 aliphatic rings. The minimum Gasteiger partial charge on any atom is -0.444 e. The Morgan fingerprint density at radius 2 is 2.00 bits per heavy atom. The summed E-state index contributed by atoms with van der Waals surface area (Å²) in [7, 11) is 0. The number of carbonyl (C=O) groups excluding carboxylic acids is 1. The molecule has 1 saturated heterocycles. The number of piperidine rings is 1. The summed E-state index contributed by atoms with van der Waals surface area (Å²) in [6.07, 6.45) is 7.12. The van der Waals surface area contributed by atoms with E-state index in [2.05, 4.69) is 22.3 Å². The van der Waals surface area contributed by atoms with Crippen LogP contribution in [0.4, 0.5) is 4.79 Å². The highest BCUT2D eigenvalue weighted by molar-refractivity contribution is 5.68. The maximum absolute atomic E-state index is 12.5. The molecule has 3 rings (SSSR count). The normalized spacial score (nSPS) is 18.2. The molecule has 134 valence electrons. The Morgan fingerprint density at radius 3 is 2.72 bits per heavy atom. The number of carbonyl (C=O) groups is 1. The van der Waals surface area contributed by atoms with Crippen molar-refractivity contribution in [2.24, 2.45) is 0 Å². The summed E-state index contributed by atoms with van der Waals surface area (Å²) in [4.78, 5) is 16.1. The molecule has 6 heteroatoms. The average molecular weight is 342 g/mol. The van der Waals surface area contributed by atoms with Crippen molar-refractivity contribution in [3.05, 3.63) is 42.2 Å². The standard InChI is InChI=1S/C19H26N4O2/c1-19(2,3)25-18(24)22-12-5-4-8-16(22)13-15-7-6-9-17(14-15)23-20-10-11-21-23/h6-7,9-11,14,16H,4-5,8,12-13H2,1-3H3/t16-/m0/s1. The zero-order valence-corrected chi connectivity index (χ0v) is 15.2. The first-order chi connectivity index (χ1) is 11.9. The van der Waals surface area contributed by atoms with Crippen LogP contribution in [0.3, 0.4) is 0 Å². The molecule has 0 aliphatic carbocycles. The Hall–Kier alpha value is -2.37. The van der Waals surface area contributed by atoms with Crippen LogP contribution in [-0.2, 0) is 11.2 Å². The highest BCUT2D eigenvalue weighted by Gasteiger charge is 2.30. The first-order valence-electron chi connectivity index (χ1n) is 8.88. The van der Waals surface area contributed by atoms with Gasteiger partial charge in [0.25, 0.3) is 0 Å². The molecule has 1 fully saturated rings. The third-order valence-corrected chi connectivity index (χ3v) is 4.29. The number of rotatable bonds is 3. The van der Waals surface area contributed by atoms with Gasteiger partial charge in [-0.2, -0.15) is 15.0 Å². The molecule has 6 nitrogen and oxygen atoms in total. The number of benzene rings is 1. The Bertz CT molecular complexity index is 706. The lowest BCUT2D eigenvalue weighted by atomic mass is 9.96. The Balaban J connectivity index is 1.73. The van der Waals surface area contributed by atoms with Gasteiger partial charge in [-0.15, -0.1) is 0 Å². The van der Waals surface area contributed by atoms with Gasteiger partial charge in [0.1, 0.15) is 5.60 Å². The summed E-state index contributed by atoms with van der Waals surface area (Å²) in [6.45, 7) is 6.49. The largest absolute Gasteiger partial charge is 0.444 e. The predicted octanol–water partition coefficient (Wildman–Crippen LogP) is 3.60. The topological polar surface area (TPSA) is 60.2 Å². The van der Waals surface area contributed by atoms with Crippen LogP contribution < -0.4 is 0 Å². The molecule has 1 atom stereocenters. The van der Waals surface area contributed by atoms with Gasteiger partial charge in [-0.25, -0.2) is 4.79 Å². The second-order valence-electron chi connectivity index (χ2n) is 7.52. The second kappa shape index (κ2) is 7.25. The number of ether oxygens (including phenoxy) is 1. The molecule has 0 unspecified atom stereocenters. The Labute approximate surface area is 148 Å². The summed E-state index contributed by atoms with van der Waals surface area (Å²) >= 11 is 0. The van der Waals surface area contributed by atoms with E-state index in [9.17, 15) is 4.79 Å². The minimum atomic E-state index is -0.468. The van der Waals surface area contributed by atoms with E-state index in [1.807, 2.05) is 37.8 Å². The molecule has 1 aliphatic heterocycles. The monoisotopic (exact) mass is 342 g/mol. The van der Waals surface area contributed by atoms with Crippen LogP contribution in [-0.4, -0.2) is 44.2 Å². The number of likely N-dealkylation sites (tertiary alicyclic amines) is 1. The molecule has 1 aromatic heterocycles. The third kappa shape index (κ3) is 4.59. The molecule has 0 saturated carbocycles. The van der Waals surface area contributed by atoms with Crippen molar-refractivity contribution >= 4 is 6.09 Å². The molecule has 2 aromatic rings. The van der Waals surface area contributed by atoms with Crippen molar-refractivity contribution in [2.75, 3.05) is 6.54 Å². The minimum absolute atomic E-state index is 0.171. The average Bonchev–Trinajstić information content (AvgIpc) is 3.08. The molecule has 25 heavy (non-hydrogen) atoms. The zero-order chi connectivity index (χ0) is 17.9. The fourth-order valence-corrected chi connectivity index (χ4v) is 3.20. The first-order valence-corrected chi connectivity index (χ1v) is 8.88. The van der Waals surface area contributed by atoms with E-state index in [0.29, 0.717) is 0 Å². The quantitative estimate of drug-likeness (QED) is 0.855. The van der Waals surface area contributed by atoms with Gasteiger partial charge >= 0.3 is 6.09 Å². The lowest BCUT2D eigenvalue weighted by Crippen LogP contribution is -2.47. The van der Waals surface area contributed by atoms with E-state index >= 15 is 0 Å². The Kier molecular flexibility index (Phi) is 5.06. The van der Waals surface area contributed by atoms with Gasteiger partial charge in [0.15, 0.2) is 0 Å².